The zero-order valence-electron chi connectivity index (χ0n) is 22.0. The van der Waals surface area contributed by atoms with Crippen LogP contribution in [-0.4, -0.2) is 17.0 Å². The first-order valence-electron chi connectivity index (χ1n) is 13.3. The van der Waals surface area contributed by atoms with Crippen molar-refractivity contribution < 1.29 is 9.53 Å². The van der Waals surface area contributed by atoms with E-state index in [0.29, 0.717) is 18.9 Å². The van der Waals surface area contributed by atoms with E-state index in [1.165, 1.54) is 10.9 Å². The molecule has 0 aliphatic heterocycles. The van der Waals surface area contributed by atoms with E-state index in [9.17, 15) is 4.79 Å². The summed E-state index contributed by atoms with van der Waals surface area (Å²) >= 11 is 0. The van der Waals surface area contributed by atoms with Gasteiger partial charge in [-0.05, 0) is 52.9 Å². The van der Waals surface area contributed by atoms with Crippen molar-refractivity contribution in [3.8, 4) is 11.5 Å². The molecule has 0 spiro atoms. The molecule has 0 saturated carbocycles. The number of carbonyl (C=O) groups is 1. The van der Waals surface area contributed by atoms with Crippen LogP contribution in [0.15, 0.2) is 115 Å². The van der Waals surface area contributed by atoms with Crippen molar-refractivity contribution in [1.82, 2.24) is 9.88 Å². The first kappa shape index (κ1) is 25.3. The maximum absolute atomic E-state index is 13.2. The number of ether oxygens (including phenoxy) is 1. The van der Waals surface area contributed by atoms with Gasteiger partial charge in [-0.2, -0.15) is 0 Å². The van der Waals surface area contributed by atoms with Gasteiger partial charge in [0.05, 0.1) is 0 Å². The Morgan fingerprint density at radius 3 is 2.26 bits per heavy atom. The molecule has 1 heterocycles. The summed E-state index contributed by atoms with van der Waals surface area (Å²) in [5.74, 6) is 1.87. The lowest BCUT2D eigenvalue weighted by Crippen LogP contribution is -2.28. The summed E-state index contributed by atoms with van der Waals surface area (Å²) in [5.41, 5.74) is 4.61. The number of aromatic nitrogens is 1. The minimum absolute atomic E-state index is 0.0537. The number of nitrogens with zero attached hydrogens (tertiary/aromatic N) is 1. The predicted molar refractivity (Wildman–Crippen MR) is 155 cm³/mol. The van der Waals surface area contributed by atoms with E-state index in [0.717, 1.165) is 34.7 Å². The van der Waals surface area contributed by atoms with Gasteiger partial charge in [0.2, 0.25) is 5.91 Å². The van der Waals surface area contributed by atoms with Gasteiger partial charge in [0.25, 0.3) is 0 Å². The molecule has 192 valence electrons. The molecule has 0 aliphatic carbocycles. The molecule has 5 rings (SSSR count). The number of para-hydroxylation sites is 2. The lowest BCUT2D eigenvalue weighted by atomic mass is 9.88. The monoisotopic (exact) mass is 502 g/mol. The highest BCUT2D eigenvalue weighted by molar-refractivity contribution is 5.87. The van der Waals surface area contributed by atoms with Gasteiger partial charge >= 0.3 is 0 Å². The molecule has 1 aromatic heterocycles. The van der Waals surface area contributed by atoms with E-state index < -0.39 is 0 Å². The van der Waals surface area contributed by atoms with Gasteiger partial charge in [0, 0.05) is 42.5 Å². The van der Waals surface area contributed by atoms with Crippen LogP contribution in [0.5, 0.6) is 11.5 Å². The third kappa shape index (κ3) is 6.15. The Morgan fingerprint density at radius 2 is 1.50 bits per heavy atom. The van der Waals surface area contributed by atoms with Crippen molar-refractivity contribution in [2.75, 3.05) is 6.54 Å². The second kappa shape index (κ2) is 11.8. The summed E-state index contributed by atoms with van der Waals surface area (Å²) in [6.07, 6.45) is 2.59. The van der Waals surface area contributed by atoms with E-state index in [4.69, 9.17) is 4.74 Å². The van der Waals surface area contributed by atoms with Gasteiger partial charge in [-0.3, -0.25) is 4.79 Å². The first-order valence-corrected chi connectivity index (χ1v) is 13.3. The first-order chi connectivity index (χ1) is 18.6. The molecule has 0 aliphatic rings. The highest BCUT2D eigenvalue weighted by Crippen LogP contribution is 2.37. The van der Waals surface area contributed by atoms with Gasteiger partial charge < -0.3 is 14.6 Å². The molecular weight excluding hydrogens is 468 g/mol. The minimum Gasteiger partial charge on any atom is -0.457 e. The normalized spacial score (nSPS) is 12.0. The maximum Gasteiger partial charge on any atom is 0.220 e. The molecule has 4 nitrogen and oxygen atoms in total. The highest BCUT2D eigenvalue weighted by atomic mass is 16.5. The van der Waals surface area contributed by atoms with Crippen molar-refractivity contribution in [2.24, 2.45) is 5.92 Å². The highest BCUT2D eigenvalue weighted by Gasteiger charge is 2.23. The number of amides is 1. The van der Waals surface area contributed by atoms with Crippen LogP contribution in [0.4, 0.5) is 0 Å². The SMILES string of the molecule is CC(C)CNC(=O)CC(c1cccc(Oc2ccccc2)c1)c1cn(Cc2ccccc2)c2ccccc12. The van der Waals surface area contributed by atoms with Gasteiger partial charge in [-0.15, -0.1) is 0 Å². The molecule has 1 N–H and O–H groups in total. The Kier molecular flexibility index (Phi) is 7.89. The summed E-state index contributed by atoms with van der Waals surface area (Å²) in [4.78, 5) is 13.2. The van der Waals surface area contributed by atoms with Crippen molar-refractivity contribution in [3.63, 3.8) is 0 Å². The van der Waals surface area contributed by atoms with Crippen molar-refractivity contribution in [3.05, 3.63) is 132 Å². The minimum atomic E-state index is -0.122. The van der Waals surface area contributed by atoms with Crippen LogP contribution in [0.3, 0.4) is 0 Å². The number of fused-ring (bicyclic) bond motifs is 1. The average molecular weight is 503 g/mol. The van der Waals surface area contributed by atoms with Crippen LogP contribution in [0, 0.1) is 5.92 Å². The summed E-state index contributed by atoms with van der Waals surface area (Å²) in [7, 11) is 0. The molecule has 5 aromatic rings. The quantitative estimate of drug-likeness (QED) is 0.212. The van der Waals surface area contributed by atoms with E-state index in [-0.39, 0.29) is 11.8 Å². The lowest BCUT2D eigenvalue weighted by Gasteiger charge is -2.19. The molecule has 1 unspecified atom stereocenters. The molecule has 0 saturated heterocycles. The number of hydrogen-bond acceptors (Lipinski definition) is 2. The van der Waals surface area contributed by atoms with Crippen molar-refractivity contribution in [2.45, 2.75) is 32.7 Å². The molecule has 0 bridgehead atoms. The number of benzene rings is 4. The molecular formula is C34H34N2O2. The summed E-state index contributed by atoms with van der Waals surface area (Å²) in [6, 6.07) is 36.9. The van der Waals surface area contributed by atoms with Crippen LogP contribution >= 0.6 is 0 Å². The van der Waals surface area contributed by atoms with E-state index in [2.05, 4.69) is 90.6 Å². The summed E-state index contributed by atoms with van der Waals surface area (Å²) < 4.78 is 8.45. The van der Waals surface area contributed by atoms with Crippen molar-refractivity contribution in [1.29, 1.82) is 0 Å². The molecule has 1 amide bonds. The van der Waals surface area contributed by atoms with E-state index >= 15 is 0 Å². The standard InChI is InChI=1S/C34H34N2O2/c1-25(2)22-35-34(37)21-31(27-14-11-17-29(20-27)38-28-15-7-4-8-16-28)32-24-36(23-26-12-5-3-6-13-26)33-19-10-9-18-30(32)33/h3-20,24-25,31H,21-23H2,1-2H3,(H,35,37). The molecule has 4 heteroatoms. The molecule has 1 atom stereocenters. The Balaban J connectivity index is 1.54. The number of nitrogens with one attached hydrogen (secondary N) is 1. The Morgan fingerprint density at radius 1 is 0.816 bits per heavy atom. The maximum atomic E-state index is 13.2. The van der Waals surface area contributed by atoms with Gasteiger partial charge in [0.1, 0.15) is 11.5 Å². The van der Waals surface area contributed by atoms with E-state index in [1.54, 1.807) is 0 Å². The van der Waals surface area contributed by atoms with Crippen LogP contribution < -0.4 is 10.1 Å². The average Bonchev–Trinajstić information content (AvgIpc) is 3.30. The number of hydrogen-bond donors (Lipinski definition) is 1. The Hall–Kier alpha value is -4.31. The smallest absolute Gasteiger partial charge is 0.220 e. The molecule has 0 radical (unpaired) electrons. The third-order valence-corrected chi connectivity index (χ3v) is 6.73. The molecule has 4 aromatic carbocycles. The van der Waals surface area contributed by atoms with Crippen LogP contribution in [0.2, 0.25) is 0 Å². The third-order valence-electron chi connectivity index (χ3n) is 6.73. The molecule has 0 fully saturated rings. The van der Waals surface area contributed by atoms with Gasteiger partial charge in [-0.25, -0.2) is 0 Å². The Bertz CT molecular complexity index is 1490. The fourth-order valence-corrected chi connectivity index (χ4v) is 4.87. The second-order valence-electron chi connectivity index (χ2n) is 10.2. The lowest BCUT2D eigenvalue weighted by molar-refractivity contribution is -0.121. The Labute approximate surface area is 224 Å². The van der Waals surface area contributed by atoms with Crippen LogP contribution in [-0.2, 0) is 11.3 Å². The topological polar surface area (TPSA) is 43.3 Å². The number of rotatable bonds is 10. The fourth-order valence-electron chi connectivity index (χ4n) is 4.87. The predicted octanol–water partition coefficient (Wildman–Crippen LogP) is 7.78. The second-order valence-corrected chi connectivity index (χ2v) is 10.2. The zero-order valence-corrected chi connectivity index (χ0v) is 22.0. The zero-order chi connectivity index (χ0) is 26.3. The summed E-state index contributed by atoms with van der Waals surface area (Å²) in [6.45, 7) is 5.65. The van der Waals surface area contributed by atoms with Crippen LogP contribution in [0.1, 0.15) is 42.9 Å². The van der Waals surface area contributed by atoms with Crippen molar-refractivity contribution >= 4 is 16.8 Å². The summed E-state index contributed by atoms with van der Waals surface area (Å²) in [5, 5.41) is 4.29. The molecule has 38 heavy (non-hydrogen) atoms. The largest absolute Gasteiger partial charge is 0.457 e. The van der Waals surface area contributed by atoms with Crippen LogP contribution in [0.25, 0.3) is 10.9 Å². The van der Waals surface area contributed by atoms with E-state index in [1.807, 2.05) is 48.5 Å². The fraction of sp³-hybridized carbons (Fsp3) is 0.206. The van der Waals surface area contributed by atoms with Gasteiger partial charge in [-0.1, -0.05) is 92.7 Å². The van der Waals surface area contributed by atoms with Gasteiger partial charge in [0.15, 0.2) is 0 Å². The number of carbonyl (C=O) groups excluding carboxylic acids is 1.